The molecule has 2 unspecified atom stereocenters. The maximum atomic E-state index is 9.53. The van der Waals surface area contributed by atoms with E-state index in [2.05, 4.69) is 72.1 Å². The molecule has 3 aromatic rings. The summed E-state index contributed by atoms with van der Waals surface area (Å²) in [7, 11) is 0. The number of fused-ring (bicyclic) bond motifs is 2. The van der Waals surface area contributed by atoms with Crippen molar-refractivity contribution in [3.8, 4) is 6.07 Å². The van der Waals surface area contributed by atoms with Gasteiger partial charge in [0.05, 0.1) is 17.7 Å². The van der Waals surface area contributed by atoms with Gasteiger partial charge in [-0.1, -0.05) is 0 Å². The SMILES string of the molecule is CC1CN(c2ccc(C#N)c3ncccc23)CC2CN(c3ccnc(N4CCNC4)c3)CCN12. The Hall–Kier alpha value is -3.41. The number of piperazine rings is 2. The topological polar surface area (TPSA) is 74.6 Å². The van der Waals surface area contributed by atoms with Crippen LogP contribution in [0.15, 0.2) is 48.8 Å². The monoisotopic (exact) mass is 454 g/mol. The smallest absolute Gasteiger partial charge is 0.131 e. The van der Waals surface area contributed by atoms with E-state index >= 15 is 0 Å². The summed E-state index contributed by atoms with van der Waals surface area (Å²) in [4.78, 5) is 19.1. The molecular weight excluding hydrogens is 424 g/mol. The Labute approximate surface area is 200 Å². The number of pyridine rings is 2. The average molecular weight is 455 g/mol. The van der Waals surface area contributed by atoms with Crippen molar-refractivity contribution in [2.75, 3.05) is 67.2 Å². The first-order valence-electron chi connectivity index (χ1n) is 12.2. The highest BCUT2D eigenvalue weighted by molar-refractivity contribution is 5.95. The van der Waals surface area contributed by atoms with Crippen LogP contribution in [0.2, 0.25) is 0 Å². The van der Waals surface area contributed by atoms with Crippen LogP contribution >= 0.6 is 0 Å². The van der Waals surface area contributed by atoms with Crippen molar-refractivity contribution in [3.05, 3.63) is 54.4 Å². The third kappa shape index (κ3) is 3.71. The fourth-order valence-electron chi connectivity index (χ4n) is 5.80. The number of aromatic nitrogens is 2. The van der Waals surface area contributed by atoms with E-state index in [-0.39, 0.29) is 0 Å². The standard InChI is InChI=1S/C26H30N8/c1-19-15-33(24-5-4-20(14-27)26-23(24)3-2-7-30-26)17-22-16-31(11-12-34(19)22)21-6-8-29-25(13-21)32-10-9-28-18-32/h2-8,13,19,22,28H,9-12,15-18H2,1H3. The second-order valence-corrected chi connectivity index (χ2v) is 9.53. The van der Waals surface area contributed by atoms with Crippen molar-refractivity contribution in [1.82, 2.24) is 20.2 Å². The predicted molar refractivity (Wildman–Crippen MR) is 135 cm³/mol. The fourth-order valence-corrected chi connectivity index (χ4v) is 5.80. The molecule has 2 atom stereocenters. The molecule has 0 aliphatic carbocycles. The fraction of sp³-hybridized carbons (Fsp3) is 0.423. The minimum Gasteiger partial charge on any atom is -0.368 e. The van der Waals surface area contributed by atoms with Crippen LogP contribution in [0.3, 0.4) is 0 Å². The number of anilines is 3. The molecule has 0 radical (unpaired) electrons. The first kappa shape index (κ1) is 21.1. The van der Waals surface area contributed by atoms with Crippen LogP contribution in [-0.4, -0.2) is 79.4 Å². The van der Waals surface area contributed by atoms with Gasteiger partial charge in [0.15, 0.2) is 0 Å². The molecule has 3 aliphatic rings. The van der Waals surface area contributed by atoms with Crippen LogP contribution in [0, 0.1) is 11.3 Å². The van der Waals surface area contributed by atoms with Gasteiger partial charge < -0.3 is 14.7 Å². The summed E-state index contributed by atoms with van der Waals surface area (Å²) in [6.45, 7) is 10.3. The highest BCUT2D eigenvalue weighted by atomic mass is 15.4. The van der Waals surface area contributed by atoms with E-state index < -0.39 is 0 Å². The van der Waals surface area contributed by atoms with E-state index in [1.807, 2.05) is 18.3 Å². The Kier molecular flexibility index (Phi) is 5.44. The summed E-state index contributed by atoms with van der Waals surface area (Å²) >= 11 is 0. The summed E-state index contributed by atoms with van der Waals surface area (Å²) in [6, 6.07) is 15.7. The van der Waals surface area contributed by atoms with Crippen molar-refractivity contribution in [3.63, 3.8) is 0 Å². The molecule has 0 saturated carbocycles. The van der Waals surface area contributed by atoms with E-state index in [4.69, 9.17) is 0 Å². The molecule has 2 aromatic heterocycles. The zero-order chi connectivity index (χ0) is 23.1. The van der Waals surface area contributed by atoms with Gasteiger partial charge in [-0.2, -0.15) is 5.26 Å². The van der Waals surface area contributed by atoms with Crippen LogP contribution in [0.1, 0.15) is 12.5 Å². The Morgan fingerprint density at radius 3 is 2.74 bits per heavy atom. The van der Waals surface area contributed by atoms with Crippen molar-refractivity contribution in [1.29, 1.82) is 5.26 Å². The lowest BCUT2D eigenvalue weighted by molar-refractivity contribution is 0.108. The van der Waals surface area contributed by atoms with Crippen LogP contribution in [-0.2, 0) is 0 Å². The molecule has 0 spiro atoms. The lowest BCUT2D eigenvalue weighted by Crippen LogP contribution is -2.65. The molecule has 3 fully saturated rings. The van der Waals surface area contributed by atoms with Crippen molar-refractivity contribution < 1.29 is 0 Å². The lowest BCUT2D eigenvalue weighted by Gasteiger charge is -2.51. The summed E-state index contributed by atoms with van der Waals surface area (Å²) in [6.07, 6.45) is 3.72. The van der Waals surface area contributed by atoms with Gasteiger partial charge in [-0.05, 0) is 37.3 Å². The second kappa shape index (κ2) is 8.75. The average Bonchev–Trinajstić information content (AvgIpc) is 3.43. The predicted octanol–water partition coefficient (Wildman–Crippen LogP) is 2.27. The number of benzene rings is 1. The Morgan fingerprint density at radius 2 is 1.88 bits per heavy atom. The number of nitrogens with zero attached hydrogens (tertiary/aromatic N) is 7. The van der Waals surface area contributed by atoms with E-state index in [1.54, 1.807) is 6.20 Å². The molecular formula is C26H30N8. The van der Waals surface area contributed by atoms with E-state index in [0.29, 0.717) is 17.6 Å². The largest absolute Gasteiger partial charge is 0.368 e. The first-order chi connectivity index (χ1) is 16.7. The summed E-state index contributed by atoms with van der Waals surface area (Å²) in [5.74, 6) is 1.06. The molecule has 0 bridgehead atoms. The van der Waals surface area contributed by atoms with Crippen molar-refractivity contribution in [2.24, 2.45) is 0 Å². The maximum Gasteiger partial charge on any atom is 0.131 e. The molecule has 8 nitrogen and oxygen atoms in total. The van der Waals surface area contributed by atoms with Crippen molar-refractivity contribution >= 4 is 28.1 Å². The van der Waals surface area contributed by atoms with Gasteiger partial charge in [0.2, 0.25) is 0 Å². The summed E-state index contributed by atoms with van der Waals surface area (Å²) in [5, 5.41) is 14.0. The quantitative estimate of drug-likeness (QED) is 0.646. The van der Waals surface area contributed by atoms with Gasteiger partial charge in [-0.15, -0.1) is 0 Å². The van der Waals surface area contributed by atoms with Gasteiger partial charge in [0.25, 0.3) is 0 Å². The first-order valence-corrected chi connectivity index (χ1v) is 12.2. The number of hydrogen-bond acceptors (Lipinski definition) is 8. The summed E-state index contributed by atoms with van der Waals surface area (Å²) < 4.78 is 0. The minimum atomic E-state index is 0.435. The molecule has 3 aliphatic heterocycles. The highest BCUT2D eigenvalue weighted by Crippen LogP contribution is 2.33. The van der Waals surface area contributed by atoms with Gasteiger partial charge in [-0.3, -0.25) is 15.2 Å². The molecule has 6 rings (SSSR count). The lowest BCUT2D eigenvalue weighted by atomic mass is 10.0. The number of rotatable bonds is 3. The zero-order valence-corrected chi connectivity index (χ0v) is 19.6. The molecule has 5 heterocycles. The normalized spacial score (nSPS) is 23.2. The molecule has 34 heavy (non-hydrogen) atoms. The molecule has 174 valence electrons. The molecule has 0 amide bonds. The zero-order valence-electron chi connectivity index (χ0n) is 19.6. The molecule has 3 saturated heterocycles. The maximum absolute atomic E-state index is 9.53. The van der Waals surface area contributed by atoms with E-state index in [0.717, 1.165) is 69.2 Å². The molecule has 1 aromatic carbocycles. The van der Waals surface area contributed by atoms with Crippen LogP contribution in [0.4, 0.5) is 17.2 Å². The van der Waals surface area contributed by atoms with Gasteiger partial charge in [0, 0.05) is 93.1 Å². The Morgan fingerprint density at radius 1 is 0.971 bits per heavy atom. The van der Waals surface area contributed by atoms with Gasteiger partial charge in [0.1, 0.15) is 11.9 Å². The van der Waals surface area contributed by atoms with Gasteiger partial charge in [-0.25, -0.2) is 4.98 Å². The van der Waals surface area contributed by atoms with Crippen molar-refractivity contribution in [2.45, 2.75) is 19.0 Å². The van der Waals surface area contributed by atoms with Crippen LogP contribution in [0.5, 0.6) is 0 Å². The van der Waals surface area contributed by atoms with Crippen LogP contribution in [0.25, 0.3) is 10.9 Å². The third-order valence-corrected chi connectivity index (χ3v) is 7.50. The Bertz CT molecular complexity index is 1230. The van der Waals surface area contributed by atoms with E-state index in [1.165, 1.54) is 11.4 Å². The molecule has 8 heteroatoms. The third-order valence-electron chi connectivity index (χ3n) is 7.50. The summed E-state index contributed by atoms with van der Waals surface area (Å²) in [5.41, 5.74) is 3.87. The number of nitrogens with one attached hydrogen (secondary N) is 1. The Balaban J connectivity index is 1.26. The second-order valence-electron chi connectivity index (χ2n) is 9.53. The van der Waals surface area contributed by atoms with Crippen LogP contribution < -0.4 is 20.0 Å². The van der Waals surface area contributed by atoms with Gasteiger partial charge >= 0.3 is 0 Å². The number of nitriles is 1. The van der Waals surface area contributed by atoms with E-state index in [9.17, 15) is 5.26 Å². The highest BCUT2D eigenvalue weighted by Gasteiger charge is 2.37. The molecule has 1 N–H and O–H groups in total. The number of hydrogen-bond donors (Lipinski definition) is 1. The minimum absolute atomic E-state index is 0.435.